The van der Waals surface area contributed by atoms with Crippen LogP contribution in [0, 0.1) is 0 Å². The minimum absolute atomic E-state index is 0. The number of halogens is 1. The van der Waals surface area contributed by atoms with Crippen molar-refractivity contribution in [2.45, 2.75) is 11.4 Å². The zero-order valence-electron chi connectivity index (χ0n) is 13.8. The summed E-state index contributed by atoms with van der Waals surface area (Å²) in [6, 6.07) is 6.56. The molecule has 0 aliphatic heterocycles. The van der Waals surface area contributed by atoms with Crippen molar-refractivity contribution in [1.82, 2.24) is 10.0 Å². The predicted octanol–water partition coefficient (Wildman–Crippen LogP) is 0.280. The highest BCUT2D eigenvalue weighted by Crippen LogP contribution is 2.12. The van der Waals surface area contributed by atoms with Gasteiger partial charge in [-0.25, -0.2) is 18.1 Å². The third-order valence-corrected chi connectivity index (χ3v) is 4.31. The summed E-state index contributed by atoms with van der Waals surface area (Å²) < 4.78 is 36.4. The van der Waals surface area contributed by atoms with Crippen LogP contribution in [0.2, 0.25) is 0 Å². The van der Waals surface area contributed by atoms with E-state index < -0.39 is 10.0 Å². The highest BCUT2D eigenvalue weighted by Gasteiger charge is 2.13. The molecule has 0 saturated carbocycles. The number of sulfonamides is 1. The Labute approximate surface area is 160 Å². The molecule has 4 N–H and O–H groups in total. The maximum Gasteiger partial charge on any atom is 0.240 e. The lowest BCUT2D eigenvalue weighted by Crippen LogP contribution is -2.34. The van der Waals surface area contributed by atoms with Crippen LogP contribution < -0.4 is 15.8 Å². The number of nitrogens with zero attached hydrogens (tertiary/aromatic N) is 1. The van der Waals surface area contributed by atoms with E-state index in [1.807, 2.05) is 0 Å². The molecule has 0 bridgehead atoms. The number of hydrogen-bond acceptors (Lipinski definition) is 5. The van der Waals surface area contributed by atoms with Gasteiger partial charge in [0.15, 0.2) is 5.96 Å². The number of aliphatic imine (C=N–C) groups is 1. The van der Waals surface area contributed by atoms with Gasteiger partial charge in [0.1, 0.15) is 0 Å². The molecule has 1 aromatic rings. The summed E-state index contributed by atoms with van der Waals surface area (Å²) in [5.74, 6) is 0.286. The van der Waals surface area contributed by atoms with Crippen molar-refractivity contribution in [3.05, 3.63) is 29.8 Å². The van der Waals surface area contributed by atoms with Gasteiger partial charge in [-0.1, -0.05) is 12.1 Å². The molecule has 0 amide bonds. The Balaban J connectivity index is 0.00000529. The number of methoxy groups -OCH3 is 2. The quantitative estimate of drug-likeness (QED) is 0.195. The second-order valence-electron chi connectivity index (χ2n) is 4.66. The number of nitrogens with one attached hydrogen (secondary N) is 2. The second kappa shape index (κ2) is 12.4. The smallest absolute Gasteiger partial charge is 0.240 e. The molecule has 0 aliphatic rings. The summed E-state index contributed by atoms with van der Waals surface area (Å²) in [5.41, 5.74) is 6.45. The topological polar surface area (TPSA) is 115 Å². The lowest BCUT2D eigenvalue weighted by molar-refractivity contribution is 0.204. The third kappa shape index (κ3) is 8.78. The van der Waals surface area contributed by atoms with Crippen LogP contribution in [0.4, 0.5) is 0 Å². The standard InChI is InChI=1S/C14H24N4O4S.HI/c1-21-8-6-16-14(15)17-11-12-4-3-5-13(10-12)23(19,20)18-7-9-22-2;/h3-5,10,18H,6-9,11H2,1-2H3,(H3,15,16,17);1H. The van der Waals surface area contributed by atoms with Gasteiger partial charge in [-0.2, -0.15) is 0 Å². The lowest BCUT2D eigenvalue weighted by Gasteiger charge is -2.08. The zero-order chi connectivity index (χ0) is 17.1. The van der Waals surface area contributed by atoms with Gasteiger partial charge in [-0.15, -0.1) is 24.0 Å². The van der Waals surface area contributed by atoms with Crippen molar-refractivity contribution in [3.8, 4) is 0 Å². The molecule has 0 aromatic heterocycles. The van der Waals surface area contributed by atoms with Gasteiger partial charge < -0.3 is 20.5 Å². The normalized spacial score (nSPS) is 11.8. The average Bonchev–Trinajstić information content (AvgIpc) is 2.54. The molecular weight excluding hydrogens is 447 g/mol. The Morgan fingerprint density at radius 2 is 1.88 bits per heavy atom. The maximum atomic E-state index is 12.1. The van der Waals surface area contributed by atoms with Crippen molar-refractivity contribution in [1.29, 1.82) is 0 Å². The van der Waals surface area contributed by atoms with Crippen LogP contribution in [-0.2, 0) is 26.0 Å². The molecule has 1 rings (SSSR count). The molecule has 138 valence electrons. The Morgan fingerprint density at radius 1 is 1.21 bits per heavy atom. The molecule has 0 radical (unpaired) electrons. The van der Waals surface area contributed by atoms with Crippen LogP contribution in [0.15, 0.2) is 34.2 Å². The minimum atomic E-state index is -3.55. The Bertz CT molecular complexity index is 611. The highest BCUT2D eigenvalue weighted by molar-refractivity contribution is 14.0. The molecule has 0 saturated heterocycles. The molecule has 0 atom stereocenters. The van der Waals surface area contributed by atoms with E-state index in [2.05, 4.69) is 15.0 Å². The number of hydrogen-bond donors (Lipinski definition) is 3. The van der Waals surface area contributed by atoms with Gasteiger partial charge in [-0.3, -0.25) is 0 Å². The van der Waals surface area contributed by atoms with Gasteiger partial charge in [0.2, 0.25) is 10.0 Å². The van der Waals surface area contributed by atoms with E-state index in [9.17, 15) is 8.42 Å². The van der Waals surface area contributed by atoms with E-state index in [0.29, 0.717) is 19.8 Å². The van der Waals surface area contributed by atoms with E-state index >= 15 is 0 Å². The van der Waals surface area contributed by atoms with Crippen molar-refractivity contribution in [2.75, 3.05) is 40.5 Å². The number of benzene rings is 1. The van der Waals surface area contributed by atoms with Crippen LogP contribution in [0.25, 0.3) is 0 Å². The van der Waals surface area contributed by atoms with Crippen LogP contribution in [0.5, 0.6) is 0 Å². The van der Waals surface area contributed by atoms with Crippen molar-refractivity contribution in [3.63, 3.8) is 0 Å². The van der Waals surface area contributed by atoms with E-state index in [0.717, 1.165) is 5.56 Å². The Kier molecular flexibility index (Phi) is 11.9. The van der Waals surface area contributed by atoms with Gasteiger partial charge in [0.25, 0.3) is 0 Å². The summed E-state index contributed by atoms with van der Waals surface area (Å²) in [6.07, 6.45) is 0. The molecule has 0 aliphatic carbocycles. The number of ether oxygens (including phenoxy) is 2. The van der Waals surface area contributed by atoms with Crippen molar-refractivity contribution < 1.29 is 17.9 Å². The fourth-order valence-electron chi connectivity index (χ4n) is 1.69. The van der Waals surface area contributed by atoms with Gasteiger partial charge in [0, 0.05) is 27.3 Å². The van der Waals surface area contributed by atoms with E-state index in [1.54, 1.807) is 25.3 Å². The second-order valence-corrected chi connectivity index (χ2v) is 6.43. The van der Waals surface area contributed by atoms with Crippen molar-refractivity contribution in [2.24, 2.45) is 10.7 Å². The average molecular weight is 472 g/mol. The first-order chi connectivity index (χ1) is 11.0. The molecule has 0 unspecified atom stereocenters. The first-order valence-corrected chi connectivity index (χ1v) is 8.58. The van der Waals surface area contributed by atoms with Gasteiger partial charge >= 0.3 is 0 Å². The highest BCUT2D eigenvalue weighted by atomic mass is 127. The number of rotatable bonds is 10. The summed E-state index contributed by atoms with van der Waals surface area (Å²) in [7, 11) is -0.442. The SMILES string of the molecule is COCCNC(N)=NCc1cccc(S(=O)(=O)NCCOC)c1.I. The van der Waals surface area contributed by atoms with E-state index in [4.69, 9.17) is 15.2 Å². The minimum Gasteiger partial charge on any atom is -0.383 e. The first-order valence-electron chi connectivity index (χ1n) is 7.10. The largest absolute Gasteiger partial charge is 0.383 e. The lowest BCUT2D eigenvalue weighted by atomic mass is 10.2. The molecule has 0 spiro atoms. The molecule has 0 heterocycles. The molecular formula is C14H25IN4O4S. The molecule has 8 nitrogen and oxygen atoms in total. The third-order valence-electron chi connectivity index (χ3n) is 2.85. The van der Waals surface area contributed by atoms with Crippen LogP contribution in [-0.4, -0.2) is 54.9 Å². The fourth-order valence-corrected chi connectivity index (χ4v) is 2.77. The Hall–Kier alpha value is -0.950. The van der Waals surface area contributed by atoms with Gasteiger partial charge in [-0.05, 0) is 17.7 Å². The summed E-state index contributed by atoms with van der Waals surface area (Å²) in [4.78, 5) is 4.34. The summed E-state index contributed by atoms with van der Waals surface area (Å²) in [5, 5.41) is 2.89. The molecule has 10 heteroatoms. The van der Waals surface area contributed by atoms with Crippen LogP contribution in [0.3, 0.4) is 0 Å². The van der Waals surface area contributed by atoms with Crippen molar-refractivity contribution >= 4 is 40.0 Å². The van der Waals surface area contributed by atoms with Gasteiger partial charge in [0.05, 0.1) is 24.7 Å². The van der Waals surface area contributed by atoms with Crippen LogP contribution >= 0.6 is 24.0 Å². The molecule has 24 heavy (non-hydrogen) atoms. The number of nitrogens with two attached hydrogens (primary N) is 1. The Morgan fingerprint density at radius 3 is 2.54 bits per heavy atom. The van der Waals surface area contributed by atoms with E-state index in [1.165, 1.54) is 13.2 Å². The molecule has 1 aromatic carbocycles. The predicted molar refractivity (Wildman–Crippen MR) is 104 cm³/mol. The monoisotopic (exact) mass is 472 g/mol. The summed E-state index contributed by atoms with van der Waals surface area (Å²) in [6.45, 7) is 1.90. The molecule has 0 fully saturated rings. The zero-order valence-corrected chi connectivity index (χ0v) is 17.0. The first kappa shape index (κ1) is 23.1. The number of guanidine groups is 1. The summed E-state index contributed by atoms with van der Waals surface area (Å²) >= 11 is 0. The van der Waals surface area contributed by atoms with E-state index in [-0.39, 0.29) is 47.9 Å². The fraction of sp³-hybridized carbons (Fsp3) is 0.500. The van der Waals surface area contributed by atoms with Crippen LogP contribution in [0.1, 0.15) is 5.56 Å². The maximum absolute atomic E-state index is 12.1.